The molecule has 0 N–H and O–H groups in total. The standard InChI is InChI=1S/C62H38N2O3/c1-3-13-42(14-4-1)63(45-32-34-58-53(37-45)48-18-8-9-22-56(48)65-58)46-31-33-49-54-36-41-26-25-40(35-52(41)50-19-12-24-59(61(50)54)66-60(49)38-46)39-27-29-44(30-28-39)64(43-15-5-2-6-16-43)55-21-11-20-51-47-17-7-10-23-57(47)67-62(51)55/h1-38H. The summed E-state index contributed by atoms with van der Waals surface area (Å²) in [7, 11) is 0. The summed E-state index contributed by atoms with van der Waals surface area (Å²) in [6.45, 7) is 0. The first-order valence-corrected chi connectivity index (χ1v) is 22.6. The summed E-state index contributed by atoms with van der Waals surface area (Å²) in [5.74, 6) is 1.68. The molecular weight excluding hydrogens is 821 g/mol. The van der Waals surface area contributed by atoms with Crippen LogP contribution in [0.3, 0.4) is 0 Å². The Morgan fingerprint density at radius 2 is 0.896 bits per heavy atom. The lowest BCUT2D eigenvalue weighted by Gasteiger charge is -2.28. The van der Waals surface area contributed by atoms with Crippen LogP contribution in [0.15, 0.2) is 239 Å². The van der Waals surface area contributed by atoms with Gasteiger partial charge in [-0.2, -0.15) is 0 Å². The first kappa shape index (κ1) is 37.3. The van der Waals surface area contributed by atoms with E-state index in [0.717, 1.165) is 112 Å². The van der Waals surface area contributed by atoms with Gasteiger partial charge in [0.2, 0.25) is 0 Å². The average Bonchev–Trinajstić information content (AvgIpc) is 3.96. The van der Waals surface area contributed by atoms with Crippen molar-refractivity contribution in [3.8, 4) is 33.8 Å². The quantitative estimate of drug-likeness (QED) is 0.149. The molecule has 0 aliphatic carbocycles. The van der Waals surface area contributed by atoms with Crippen molar-refractivity contribution in [3.63, 3.8) is 0 Å². The Kier molecular flexibility index (Phi) is 8.21. The summed E-state index contributed by atoms with van der Waals surface area (Å²) in [6, 6.07) is 81.4. The van der Waals surface area contributed by atoms with Crippen molar-refractivity contribution >= 4 is 99.5 Å². The first-order valence-electron chi connectivity index (χ1n) is 22.6. The highest BCUT2D eigenvalue weighted by atomic mass is 16.5. The maximum atomic E-state index is 6.89. The fourth-order valence-electron chi connectivity index (χ4n) is 10.3. The Morgan fingerprint density at radius 1 is 0.299 bits per heavy atom. The molecule has 13 aromatic rings. The van der Waals surface area contributed by atoms with Crippen molar-refractivity contribution in [2.24, 2.45) is 0 Å². The molecule has 0 saturated carbocycles. The fraction of sp³-hybridized carbons (Fsp3) is 0. The number of rotatable bonds is 7. The predicted molar refractivity (Wildman–Crippen MR) is 276 cm³/mol. The highest BCUT2D eigenvalue weighted by Crippen LogP contribution is 2.51. The number of ether oxygens (including phenoxy) is 1. The van der Waals surface area contributed by atoms with E-state index in [2.05, 4.69) is 216 Å². The minimum Gasteiger partial charge on any atom is -0.456 e. The van der Waals surface area contributed by atoms with Crippen molar-refractivity contribution in [1.82, 2.24) is 0 Å². The molecule has 2 aromatic heterocycles. The lowest BCUT2D eigenvalue weighted by Crippen LogP contribution is -2.10. The average molecular weight is 859 g/mol. The molecule has 1 aliphatic rings. The Labute approximate surface area is 385 Å². The third-order valence-corrected chi connectivity index (χ3v) is 13.4. The molecule has 0 saturated heterocycles. The van der Waals surface area contributed by atoms with Gasteiger partial charge in [-0.25, -0.2) is 0 Å². The van der Waals surface area contributed by atoms with Crippen molar-refractivity contribution in [2.75, 3.05) is 9.80 Å². The third kappa shape index (κ3) is 5.95. The normalized spacial score (nSPS) is 12.0. The van der Waals surface area contributed by atoms with Gasteiger partial charge in [0.15, 0.2) is 5.58 Å². The second-order valence-corrected chi connectivity index (χ2v) is 17.2. The zero-order valence-electron chi connectivity index (χ0n) is 36.1. The summed E-state index contributed by atoms with van der Waals surface area (Å²) in [6.07, 6.45) is 0. The molecule has 0 bridgehead atoms. The Morgan fingerprint density at radius 3 is 1.70 bits per heavy atom. The van der Waals surface area contributed by atoms with Crippen LogP contribution in [-0.2, 0) is 0 Å². The zero-order valence-corrected chi connectivity index (χ0v) is 36.1. The summed E-state index contributed by atoms with van der Waals surface area (Å²) in [5.41, 5.74) is 14.2. The van der Waals surface area contributed by atoms with E-state index < -0.39 is 0 Å². The van der Waals surface area contributed by atoms with E-state index in [1.807, 2.05) is 24.3 Å². The molecule has 0 fully saturated rings. The lowest BCUT2D eigenvalue weighted by molar-refractivity contribution is 0.487. The Balaban J connectivity index is 0.840. The van der Waals surface area contributed by atoms with Gasteiger partial charge in [0.05, 0.1) is 5.69 Å². The van der Waals surface area contributed by atoms with Crippen LogP contribution >= 0.6 is 0 Å². The molecule has 3 heterocycles. The monoisotopic (exact) mass is 858 g/mol. The molecule has 0 unspecified atom stereocenters. The molecular formula is C62H38N2O3. The maximum absolute atomic E-state index is 6.89. The van der Waals surface area contributed by atoms with Crippen LogP contribution < -0.4 is 14.5 Å². The highest BCUT2D eigenvalue weighted by molar-refractivity contribution is 6.18. The van der Waals surface area contributed by atoms with Crippen molar-refractivity contribution in [1.29, 1.82) is 0 Å². The molecule has 0 amide bonds. The second kappa shape index (κ2) is 14.7. The zero-order chi connectivity index (χ0) is 44.0. The minimum absolute atomic E-state index is 0.824. The number of hydrogen-bond acceptors (Lipinski definition) is 5. The molecule has 14 rings (SSSR count). The topological polar surface area (TPSA) is 42.0 Å². The van der Waals surface area contributed by atoms with Crippen LogP contribution in [0.2, 0.25) is 0 Å². The minimum atomic E-state index is 0.824. The molecule has 314 valence electrons. The van der Waals surface area contributed by atoms with Crippen molar-refractivity contribution < 1.29 is 13.6 Å². The molecule has 0 spiro atoms. The van der Waals surface area contributed by atoms with E-state index in [9.17, 15) is 0 Å². The number of anilines is 6. The number of furan rings is 2. The van der Waals surface area contributed by atoms with Crippen LogP contribution in [0, 0.1) is 0 Å². The van der Waals surface area contributed by atoms with Gasteiger partial charge in [-0.1, -0.05) is 121 Å². The molecule has 0 radical (unpaired) electrons. The van der Waals surface area contributed by atoms with E-state index in [1.165, 1.54) is 21.7 Å². The lowest BCUT2D eigenvalue weighted by atomic mass is 9.89. The summed E-state index contributed by atoms with van der Waals surface area (Å²) < 4.78 is 19.6. The maximum Gasteiger partial charge on any atom is 0.159 e. The summed E-state index contributed by atoms with van der Waals surface area (Å²) in [5, 5.41) is 9.05. The number of para-hydroxylation sites is 5. The summed E-state index contributed by atoms with van der Waals surface area (Å²) >= 11 is 0. The van der Waals surface area contributed by atoms with E-state index in [4.69, 9.17) is 13.6 Å². The van der Waals surface area contributed by atoms with Gasteiger partial charge in [0.25, 0.3) is 0 Å². The Bertz CT molecular complexity index is 4080. The molecule has 0 atom stereocenters. The van der Waals surface area contributed by atoms with Gasteiger partial charge in [0, 0.05) is 67.0 Å². The van der Waals surface area contributed by atoms with E-state index >= 15 is 0 Å². The van der Waals surface area contributed by atoms with Gasteiger partial charge in [0.1, 0.15) is 28.2 Å². The molecule has 11 aromatic carbocycles. The molecule has 5 nitrogen and oxygen atoms in total. The summed E-state index contributed by atoms with van der Waals surface area (Å²) in [4.78, 5) is 4.57. The van der Waals surface area contributed by atoms with Gasteiger partial charge < -0.3 is 23.4 Å². The van der Waals surface area contributed by atoms with E-state index in [1.54, 1.807) is 0 Å². The fourth-order valence-corrected chi connectivity index (χ4v) is 10.3. The van der Waals surface area contributed by atoms with Gasteiger partial charge in [-0.05, 0) is 136 Å². The number of fused-ring (bicyclic) bond motifs is 10. The van der Waals surface area contributed by atoms with Crippen molar-refractivity contribution in [2.45, 2.75) is 0 Å². The second-order valence-electron chi connectivity index (χ2n) is 17.2. The van der Waals surface area contributed by atoms with Gasteiger partial charge in [-0.3, -0.25) is 0 Å². The number of hydrogen-bond donors (Lipinski definition) is 0. The van der Waals surface area contributed by atoms with Crippen molar-refractivity contribution in [3.05, 3.63) is 231 Å². The smallest absolute Gasteiger partial charge is 0.159 e. The van der Waals surface area contributed by atoms with Crippen LogP contribution in [0.1, 0.15) is 0 Å². The van der Waals surface area contributed by atoms with Gasteiger partial charge in [-0.15, -0.1) is 0 Å². The largest absolute Gasteiger partial charge is 0.456 e. The molecule has 5 heteroatoms. The van der Waals surface area contributed by atoms with Crippen LogP contribution in [0.25, 0.3) is 87.7 Å². The van der Waals surface area contributed by atoms with Crippen LogP contribution in [0.5, 0.6) is 11.5 Å². The molecule has 67 heavy (non-hydrogen) atoms. The number of nitrogens with zero attached hydrogens (tertiary/aromatic N) is 2. The van der Waals surface area contributed by atoms with Crippen LogP contribution in [0.4, 0.5) is 34.1 Å². The van der Waals surface area contributed by atoms with Gasteiger partial charge >= 0.3 is 0 Å². The Hall–Kier alpha value is -9.06. The highest BCUT2D eigenvalue weighted by Gasteiger charge is 2.25. The third-order valence-electron chi connectivity index (χ3n) is 13.4. The molecule has 1 aliphatic heterocycles. The SMILES string of the molecule is c1ccc(N(c2ccc3c(c2)Oc2cccc4c2c-3cc2ccc(-c3ccc(N(c5ccccc5)c5cccc6c5oc5ccccc56)cc3)cc24)c2ccc3oc4ccccc4c3c2)cc1. The first-order chi connectivity index (χ1) is 33.2. The predicted octanol–water partition coefficient (Wildman–Crippen LogP) is 18.2. The van der Waals surface area contributed by atoms with Crippen LogP contribution in [-0.4, -0.2) is 0 Å². The van der Waals surface area contributed by atoms with E-state index in [0.29, 0.717) is 0 Å². The number of benzene rings is 11. The van der Waals surface area contributed by atoms with E-state index in [-0.39, 0.29) is 0 Å².